The van der Waals surface area contributed by atoms with Crippen LogP contribution in [0.2, 0.25) is 0 Å². The highest BCUT2D eigenvalue weighted by atomic mass is 16.2. The van der Waals surface area contributed by atoms with E-state index in [0.717, 1.165) is 36.2 Å². The zero-order chi connectivity index (χ0) is 17.2. The van der Waals surface area contributed by atoms with Gasteiger partial charge in [0.15, 0.2) is 0 Å². The van der Waals surface area contributed by atoms with Crippen molar-refractivity contribution in [3.05, 3.63) is 60.0 Å². The molecule has 1 fully saturated rings. The number of H-pyrrole nitrogens is 1. The number of benzene rings is 1. The van der Waals surface area contributed by atoms with Crippen molar-refractivity contribution in [2.45, 2.75) is 25.8 Å². The summed E-state index contributed by atoms with van der Waals surface area (Å²) < 4.78 is 1.99. The van der Waals surface area contributed by atoms with Crippen LogP contribution in [0.15, 0.2) is 48.9 Å². The Morgan fingerprint density at radius 1 is 1.24 bits per heavy atom. The number of carbonyl (C=O) groups excluding carboxylic acids is 1. The number of aromatic amines is 1. The van der Waals surface area contributed by atoms with Crippen molar-refractivity contribution in [1.82, 2.24) is 24.9 Å². The Morgan fingerprint density at radius 2 is 2.08 bits per heavy atom. The van der Waals surface area contributed by atoms with Crippen LogP contribution < -0.4 is 0 Å². The summed E-state index contributed by atoms with van der Waals surface area (Å²) in [6.07, 6.45) is 7.57. The van der Waals surface area contributed by atoms with Crippen LogP contribution in [-0.2, 0) is 0 Å². The van der Waals surface area contributed by atoms with E-state index in [1.54, 1.807) is 6.20 Å². The van der Waals surface area contributed by atoms with Crippen molar-refractivity contribution < 1.29 is 4.79 Å². The fraction of sp³-hybridized carbons (Fsp3) is 0.316. The van der Waals surface area contributed by atoms with Gasteiger partial charge < -0.3 is 4.90 Å². The number of nitrogens with one attached hydrogen (secondary N) is 1. The third kappa shape index (κ3) is 3.07. The van der Waals surface area contributed by atoms with E-state index in [2.05, 4.69) is 15.3 Å². The Morgan fingerprint density at radius 3 is 2.84 bits per heavy atom. The molecule has 6 nitrogen and oxygen atoms in total. The van der Waals surface area contributed by atoms with Crippen LogP contribution in [0.5, 0.6) is 0 Å². The lowest BCUT2D eigenvalue weighted by atomic mass is 10.0. The molecule has 1 aliphatic rings. The highest BCUT2D eigenvalue weighted by molar-refractivity contribution is 5.99. The predicted molar refractivity (Wildman–Crippen MR) is 95.2 cm³/mol. The average Bonchev–Trinajstić information content (AvgIpc) is 3.31. The number of amides is 1. The Labute approximate surface area is 146 Å². The van der Waals surface area contributed by atoms with E-state index in [4.69, 9.17) is 0 Å². The van der Waals surface area contributed by atoms with E-state index in [0.29, 0.717) is 12.1 Å². The Balaban J connectivity index is 1.56. The highest BCUT2D eigenvalue weighted by Crippen LogP contribution is 2.26. The summed E-state index contributed by atoms with van der Waals surface area (Å²) in [6, 6.07) is 10.1. The molecule has 0 unspecified atom stereocenters. The molecule has 1 aromatic carbocycles. The molecule has 128 valence electrons. The van der Waals surface area contributed by atoms with Crippen molar-refractivity contribution in [3.8, 4) is 11.3 Å². The third-order valence-corrected chi connectivity index (χ3v) is 4.72. The van der Waals surface area contributed by atoms with Gasteiger partial charge in [0.05, 0.1) is 29.7 Å². The summed E-state index contributed by atoms with van der Waals surface area (Å²) in [5.41, 5.74) is 3.52. The minimum absolute atomic E-state index is 0.0289. The molecule has 6 heteroatoms. The standard InChI is InChI=1S/C19H21N5O/c1-14-10-21-24(12-14)16-8-5-9-23(13-16)19(25)17-11-20-22-18(17)15-6-3-2-4-7-15/h2-4,6-7,10-12,16H,5,8-9,13H2,1H3,(H,20,22)/t16-/m0/s1. The third-order valence-electron chi connectivity index (χ3n) is 4.72. The first kappa shape index (κ1) is 15.6. The maximum Gasteiger partial charge on any atom is 0.257 e. The number of nitrogens with zero attached hydrogens (tertiary/aromatic N) is 4. The monoisotopic (exact) mass is 335 g/mol. The molecule has 1 N–H and O–H groups in total. The van der Waals surface area contributed by atoms with E-state index in [1.165, 1.54) is 0 Å². The summed E-state index contributed by atoms with van der Waals surface area (Å²) in [5.74, 6) is 0.0289. The lowest BCUT2D eigenvalue weighted by molar-refractivity contribution is 0.0674. The molecule has 25 heavy (non-hydrogen) atoms. The number of hydrogen-bond acceptors (Lipinski definition) is 3. The number of aromatic nitrogens is 4. The van der Waals surface area contributed by atoms with E-state index in [1.807, 2.05) is 59.2 Å². The van der Waals surface area contributed by atoms with Crippen LogP contribution in [-0.4, -0.2) is 43.9 Å². The van der Waals surface area contributed by atoms with E-state index < -0.39 is 0 Å². The first-order valence-corrected chi connectivity index (χ1v) is 8.61. The number of piperidine rings is 1. The fourth-order valence-corrected chi connectivity index (χ4v) is 3.43. The van der Waals surface area contributed by atoms with Gasteiger partial charge in [0.1, 0.15) is 0 Å². The SMILES string of the molecule is Cc1cnn([C@H]2CCCN(C(=O)c3cn[nH]c3-c3ccccc3)C2)c1. The zero-order valence-corrected chi connectivity index (χ0v) is 14.2. The molecule has 0 radical (unpaired) electrons. The highest BCUT2D eigenvalue weighted by Gasteiger charge is 2.28. The quantitative estimate of drug-likeness (QED) is 0.800. The maximum atomic E-state index is 13.1. The zero-order valence-electron chi connectivity index (χ0n) is 14.2. The first-order chi connectivity index (χ1) is 12.2. The largest absolute Gasteiger partial charge is 0.336 e. The van der Waals surface area contributed by atoms with Crippen molar-refractivity contribution in [2.75, 3.05) is 13.1 Å². The summed E-state index contributed by atoms with van der Waals surface area (Å²) in [5, 5.41) is 11.5. The maximum absolute atomic E-state index is 13.1. The molecule has 1 atom stereocenters. The molecule has 4 rings (SSSR count). The van der Waals surface area contributed by atoms with Crippen LogP contribution in [0.1, 0.15) is 34.8 Å². The van der Waals surface area contributed by atoms with Gasteiger partial charge in [-0.25, -0.2) is 0 Å². The van der Waals surface area contributed by atoms with E-state index in [-0.39, 0.29) is 11.9 Å². The average molecular weight is 335 g/mol. The van der Waals surface area contributed by atoms with Gasteiger partial charge in [-0.3, -0.25) is 14.6 Å². The van der Waals surface area contributed by atoms with Gasteiger partial charge in [-0.2, -0.15) is 10.2 Å². The summed E-state index contributed by atoms with van der Waals surface area (Å²) in [4.78, 5) is 15.0. The summed E-state index contributed by atoms with van der Waals surface area (Å²) >= 11 is 0. The molecule has 3 heterocycles. The van der Waals surface area contributed by atoms with Gasteiger partial charge in [0, 0.05) is 24.8 Å². The lowest BCUT2D eigenvalue weighted by Gasteiger charge is -2.32. The van der Waals surface area contributed by atoms with Crippen LogP contribution in [0, 0.1) is 6.92 Å². The molecule has 0 spiro atoms. The molecule has 0 aliphatic carbocycles. The predicted octanol–water partition coefficient (Wildman–Crippen LogP) is 3.06. The second-order valence-corrected chi connectivity index (χ2v) is 6.57. The summed E-state index contributed by atoms with van der Waals surface area (Å²) in [7, 11) is 0. The second-order valence-electron chi connectivity index (χ2n) is 6.57. The van der Waals surface area contributed by atoms with Crippen LogP contribution in [0.25, 0.3) is 11.3 Å². The van der Waals surface area contributed by atoms with Gasteiger partial charge in [0.2, 0.25) is 0 Å². The van der Waals surface area contributed by atoms with Crippen LogP contribution in [0.4, 0.5) is 0 Å². The Bertz CT molecular complexity index is 867. The second kappa shape index (κ2) is 6.55. The van der Waals surface area contributed by atoms with Gasteiger partial charge >= 0.3 is 0 Å². The molecule has 2 aromatic heterocycles. The van der Waals surface area contributed by atoms with E-state index in [9.17, 15) is 4.79 Å². The van der Waals surface area contributed by atoms with Gasteiger partial charge in [0.25, 0.3) is 5.91 Å². The van der Waals surface area contributed by atoms with Crippen molar-refractivity contribution in [2.24, 2.45) is 0 Å². The Hall–Kier alpha value is -2.89. The lowest BCUT2D eigenvalue weighted by Crippen LogP contribution is -2.40. The smallest absolute Gasteiger partial charge is 0.257 e. The minimum atomic E-state index is 0.0289. The fourth-order valence-electron chi connectivity index (χ4n) is 3.43. The number of likely N-dealkylation sites (tertiary alicyclic amines) is 1. The Kier molecular flexibility index (Phi) is 4.09. The van der Waals surface area contributed by atoms with Gasteiger partial charge in [-0.05, 0) is 25.3 Å². The summed E-state index contributed by atoms with van der Waals surface area (Å²) in [6.45, 7) is 3.49. The number of aryl methyl sites for hydroxylation is 1. The van der Waals surface area contributed by atoms with E-state index >= 15 is 0 Å². The normalized spacial score (nSPS) is 17.6. The van der Waals surface area contributed by atoms with Crippen molar-refractivity contribution >= 4 is 5.91 Å². The molecular weight excluding hydrogens is 314 g/mol. The molecule has 1 saturated heterocycles. The first-order valence-electron chi connectivity index (χ1n) is 8.61. The van der Waals surface area contributed by atoms with Crippen LogP contribution >= 0.6 is 0 Å². The molecule has 0 bridgehead atoms. The van der Waals surface area contributed by atoms with Crippen LogP contribution in [0.3, 0.4) is 0 Å². The number of carbonyl (C=O) groups is 1. The molecular formula is C19H21N5O. The molecule has 3 aromatic rings. The topological polar surface area (TPSA) is 66.8 Å². The van der Waals surface area contributed by atoms with Crippen molar-refractivity contribution in [1.29, 1.82) is 0 Å². The molecule has 0 saturated carbocycles. The molecule has 1 aliphatic heterocycles. The van der Waals surface area contributed by atoms with Gasteiger partial charge in [-0.1, -0.05) is 30.3 Å². The van der Waals surface area contributed by atoms with Gasteiger partial charge in [-0.15, -0.1) is 0 Å². The van der Waals surface area contributed by atoms with Crippen molar-refractivity contribution in [3.63, 3.8) is 0 Å². The number of rotatable bonds is 3. The number of hydrogen-bond donors (Lipinski definition) is 1. The minimum Gasteiger partial charge on any atom is -0.336 e. The molecule has 1 amide bonds.